The summed E-state index contributed by atoms with van der Waals surface area (Å²) in [6.45, 7) is 7.45. The van der Waals surface area contributed by atoms with E-state index in [1.807, 2.05) is 19.9 Å². The average Bonchev–Trinajstić information content (AvgIpc) is 2.42. The lowest BCUT2D eigenvalue weighted by Gasteiger charge is -2.27. The van der Waals surface area contributed by atoms with Gasteiger partial charge in [0.2, 0.25) is 0 Å². The maximum atomic E-state index is 13.9. The van der Waals surface area contributed by atoms with Crippen molar-refractivity contribution in [2.24, 2.45) is 5.92 Å². The Morgan fingerprint density at radius 1 is 1.38 bits per heavy atom. The number of hydrogen-bond donors (Lipinski definition) is 2. The van der Waals surface area contributed by atoms with Crippen LogP contribution in [0.4, 0.5) is 4.39 Å². The van der Waals surface area contributed by atoms with Crippen LogP contribution in [-0.4, -0.2) is 37.6 Å². The fraction of sp³-hybridized carbons (Fsp3) is 0.625. The minimum absolute atomic E-state index is 0.0322. The Kier molecular flexibility index (Phi) is 7.08. The third-order valence-electron chi connectivity index (χ3n) is 3.57. The van der Waals surface area contributed by atoms with E-state index >= 15 is 0 Å². The third kappa shape index (κ3) is 5.99. The summed E-state index contributed by atoms with van der Waals surface area (Å²) < 4.78 is 24.3. The molecule has 120 valence electrons. The van der Waals surface area contributed by atoms with Gasteiger partial charge in [-0.25, -0.2) is 4.39 Å². The fourth-order valence-corrected chi connectivity index (χ4v) is 1.57. The number of hydrogen-bond acceptors (Lipinski definition) is 4. The minimum Gasteiger partial charge on any atom is -0.488 e. The standard InChI is InChI=1S/C16H26FNO3/c1-12(2)16(3,19)11-21-15-6-5-13(9-14(15)17)10-18-7-8-20-4/h5-6,9,12,18-19H,7-8,10-11H2,1-4H3. The number of methoxy groups -OCH3 is 1. The second kappa shape index (κ2) is 8.32. The molecule has 0 spiro atoms. The molecule has 0 aliphatic heterocycles. The lowest BCUT2D eigenvalue weighted by molar-refractivity contribution is -0.0275. The molecule has 0 aliphatic rings. The highest BCUT2D eigenvalue weighted by Crippen LogP contribution is 2.22. The normalized spacial score (nSPS) is 14.2. The van der Waals surface area contributed by atoms with Crippen LogP contribution < -0.4 is 10.1 Å². The van der Waals surface area contributed by atoms with Gasteiger partial charge in [-0.3, -0.25) is 0 Å². The van der Waals surface area contributed by atoms with Gasteiger partial charge in [0.15, 0.2) is 11.6 Å². The van der Waals surface area contributed by atoms with E-state index in [9.17, 15) is 9.50 Å². The lowest BCUT2D eigenvalue weighted by atomic mass is 9.94. The molecule has 0 heterocycles. The molecule has 5 heteroatoms. The van der Waals surface area contributed by atoms with Gasteiger partial charge in [-0.1, -0.05) is 19.9 Å². The molecule has 0 radical (unpaired) electrons. The van der Waals surface area contributed by atoms with Gasteiger partial charge in [-0.15, -0.1) is 0 Å². The number of aliphatic hydroxyl groups is 1. The minimum atomic E-state index is -0.979. The SMILES string of the molecule is COCCNCc1ccc(OCC(C)(O)C(C)C)c(F)c1. The Morgan fingerprint density at radius 2 is 2.10 bits per heavy atom. The van der Waals surface area contributed by atoms with Crippen LogP contribution in [0, 0.1) is 11.7 Å². The molecular formula is C16H26FNO3. The van der Waals surface area contributed by atoms with Gasteiger partial charge in [0, 0.05) is 20.2 Å². The van der Waals surface area contributed by atoms with Crippen molar-refractivity contribution >= 4 is 0 Å². The van der Waals surface area contributed by atoms with E-state index < -0.39 is 11.4 Å². The van der Waals surface area contributed by atoms with Crippen LogP contribution in [0.15, 0.2) is 18.2 Å². The van der Waals surface area contributed by atoms with Crippen LogP contribution in [-0.2, 0) is 11.3 Å². The maximum absolute atomic E-state index is 13.9. The molecule has 1 aromatic rings. The molecular weight excluding hydrogens is 273 g/mol. The van der Waals surface area contributed by atoms with Gasteiger partial charge in [0.1, 0.15) is 6.61 Å². The molecule has 1 aromatic carbocycles. The van der Waals surface area contributed by atoms with Gasteiger partial charge >= 0.3 is 0 Å². The average molecular weight is 299 g/mol. The first-order valence-corrected chi connectivity index (χ1v) is 7.20. The number of rotatable bonds is 9. The number of nitrogens with one attached hydrogen (secondary N) is 1. The molecule has 0 amide bonds. The van der Waals surface area contributed by atoms with E-state index in [0.29, 0.717) is 19.7 Å². The van der Waals surface area contributed by atoms with E-state index in [-0.39, 0.29) is 18.3 Å². The smallest absolute Gasteiger partial charge is 0.165 e. The second-order valence-electron chi connectivity index (χ2n) is 5.73. The molecule has 0 fully saturated rings. The van der Waals surface area contributed by atoms with Gasteiger partial charge in [0.25, 0.3) is 0 Å². The summed E-state index contributed by atoms with van der Waals surface area (Å²) in [7, 11) is 1.64. The summed E-state index contributed by atoms with van der Waals surface area (Å²) in [6, 6.07) is 4.85. The zero-order valence-electron chi connectivity index (χ0n) is 13.3. The Morgan fingerprint density at radius 3 is 2.67 bits per heavy atom. The summed E-state index contributed by atoms with van der Waals surface area (Å²) in [5, 5.41) is 13.2. The van der Waals surface area contributed by atoms with Crippen molar-refractivity contribution in [2.45, 2.75) is 32.9 Å². The van der Waals surface area contributed by atoms with E-state index in [1.165, 1.54) is 6.07 Å². The van der Waals surface area contributed by atoms with Crippen molar-refractivity contribution in [3.05, 3.63) is 29.6 Å². The molecule has 1 atom stereocenters. The second-order valence-corrected chi connectivity index (χ2v) is 5.73. The Bertz CT molecular complexity index is 436. The van der Waals surface area contributed by atoms with E-state index in [0.717, 1.165) is 5.56 Å². The zero-order chi connectivity index (χ0) is 15.9. The van der Waals surface area contributed by atoms with E-state index in [2.05, 4.69) is 5.32 Å². The highest BCUT2D eigenvalue weighted by atomic mass is 19.1. The molecule has 0 saturated heterocycles. The molecule has 4 nitrogen and oxygen atoms in total. The first kappa shape index (κ1) is 17.9. The number of ether oxygens (including phenoxy) is 2. The van der Waals surface area contributed by atoms with Crippen LogP contribution in [0.1, 0.15) is 26.3 Å². The molecule has 1 rings (SSSR count). The molecule has 0 bridgehead atoms. The Labute approximate surface area is 126 Å². The number of benzene rings is 1. The molecule has 2 N–H and O–H groups in total. The first-order chi connectivity index (χ1) is 9.86. The Balaban J connectivity index is 2.54. The summed E-state index contributed by atoms with van der Waals surface area (Å²) in [4.78, 5) is 0. The van der Waals surface area contributed by atoms with Crippen molar-refractivity contribution in [3.8, 4) is 5.75 Å². The summed E-state index contributed by atoms with van der Waals surface area (Å²) in [5.41, 5.74) is -0.140. The van der Waals surface area contributed by atoms with Gasteiger partial charge < -0.3 is 19.9 Å². The Hall–Kier alpha value is -1.17. The first-order valence-electron chi connectivity index (χ1n) is 7.20. The van der Waals surface area contributed by atoms with Crippen LogP contribution in [0.5, 0.6) is 5.75 Å². The predicted octanol–water partition coefficient (Wildman–Crippen LogP) is 2.35. The van der Waals surface area contributed by atoms with Crippen molar-refractivity contribution in [2.75, 3.05) is 26.9 Å². The van der Waals surface area contributed by atoms with Crippen LogP contribution in [0.2, 0.25) is 0 Å². The highest BCUT2D eigenvalue weighted by Gasteiger charge is 2.26. The quantitative estimate of drug-likeness (QED) is 0.687. The van der Waals surface area contributed by atoms with Crippen LogP contribution in [0.3, 0.4) is 0 Å². The third-order valence-corrected chi connectivity index (χ3v) is 3.57. The molecule has 0 saturated carbocycles. The maximum Gasteiger partial charge on any atom is 0.165 e. The van der Waals surface area contributed by atoms with Gasteiger partial charge in [-0.05, 0) is 30.5 Å². The van der Waals surface area contributed by atoms with E-state index in [1.54, 1.807) is 20.1 Å². The molecule has 1 unspecified atom stereocenters. The van der Waals surface area contributed by atoms with Crippen molar-refractivity contribution in [1.29, 1.82) is 0 Å². The summed E-state index contributed by atoms with van der Waals surface area (Å²) in [6.07, 6.45) is 0. The predicted molar refractivity (Wildman–Crippen MR) is 80.9 cm³/mol. The van der Waals surface area contributed by atoms with Crippen molar-refractivity contribution < 1.29 is 19.0 Å². The topological polar surface area (TPSA) is 50.7 Å². The van der Waals surface area contributed by atoms with Gasteiger partial charge in [-0.2, -0.15) is 0 Å². The van der Waals surface area contributed by atoms with Crippen molar-refractivity contribution in [1.82, 2.24) is 5.32 Å². The monoisotopic (exact) mass is 299 g/mol. The van der Waals surface area contributed by atoms with Gasteiger partial charge in [0.05, 0.1) is 12.2 Å². The molecule has 0 aromatic heterocycles. The molecule has 21 heavy (non-hydrogen) atoms. The summed E-state index contributed by atoms with van der Waals surface area (Å²) >= 11 is 0. The van der Waals surface area contributed by atoms with E-state index in [4.69, 9.17) is 9.47 Å². The fourth-order valence-electron chi connectivity index (χ4n) is 1.57. The van der Waals surface area contributed by atoms with Crippen LogP contribution in [0.25, 0.3) is 0 Å². The molecule has 0 aliphatic carbocycles. The largest absolute Gasteiger partial charge is 0.488 e. The van der Waals surface area contributed by atoms with Crippen molar-refractivity contribution in [3.63, 3.8) is 0 Å². The van der Waals surface area contributed by atoms with Crippen LogP contribution >= 0.6 is 0 Å². The zero-order valence-corrected chi connectivity index (χ0v) is 13.3. The summed E-state index contributed by atoms with van der Waals surface area (Å²) in [5.74, 6) is -0.220. The highest BCUT2D eigenvalue weighted by molar-refractivity contribution is 5.29. The lowest BCUT2D eigenvalue weighted by Crippen LogP contribution is -2.37. The number of halogens is 1.